The topological polar surface area (TPSA) is 25.8 Å². The zero-order chi connectivity index (χ0) is 9.97. The average Bonchev–Trinajstić information content (AvgIpc) is 2.21. The second-order valence-corrected chi connectivity index (χ2v) is 3.06. The summed E-state index contributed by atoms with van der Waals surface area (Å²) < 4.78 is 12.5. The molecule has 0 fully saturated rings. The fourth-order valence-electron chi connectivity index (χ4n) is 1.19. The minimum atomic E-state index is -0.464. The maximum Gasteiger partial charge on any atom is 0.212 e. The van der Waals surface area contributed by atoms with Crippen molar-refractivity contribution >= 4 is 0 Å². The van der Waals surface area contributed by atoms with Gasteiger partial charge in [-0.2, -0.15) is 4.39 Å². The Kier molecular flexibility index (Phi) is 2.23. The number of nitrogens with zero attached hydrogens (tertiary/aromatic N) is 2. The van der Waals surface area contributed by atoms with Crippen molar-refractivity contribution in [3.8, 4) is 11.1 Å². The zero-order valence-corrected chi connectivity index (χ0v) is 7.74. The molecule has 0 aromatic carbocycles. The molecule has 0 bridgehead atoms. The summed E-state index contributed by atoms with van der Waals surface area (Å²) in [6.45, 7) is 1.92. The molecule has 0 radical (unpaired) electrons. The third-order valence-electron chi connectivity index (χ3n) is 1.97. The van der Waals surface area contributed by atoms with Crippen molar-refractivity contribution in [2.45, 2.75) is 6.92 Å². The minimum absolute atomic E-state index is 0.464. The van der Waals surface area contributed by atoms with E-state index in [2.05, 4.69) is 9.97 Å². The molecule has 70 valence electrons. The first kappa shape index (κ1) is 8.81. The summed E-state index contributed by atoms with van der Waals surface area (Å²) in [5.41, 5.74) is 2.78. The number of rotatable bonds is 1. The fraction of sp³-hybridized carbons (Fsp3) is 0.0909. The van der Waals surface area contributed by atoms with Gasteiger partial charge in [-0.05, 0) is 25.1 Å². The Hall–Kier alpha value is -1.77. The van der Waals surface area contributed by atoms with Crippen LogP contribution >= 0.6 is 0 Å². The molecule has 0 aliphatic heterocycles. The van der Waals surface area contributed by atoms with Gasteiger partial charge < -0.3 is 0 Å². The Morgan fingerprint density at radius 2 is 1.57 bits per heavy atom. The summed E-state index contributed by atoms with van der Waals surface area (Å²) in [7, 11) is 0. The normalized spacial score (nSPS) is 10.1. The lowest BCUT2D eigenvalue weighted by Gasteiger charge is -2.00. The highest BCUT2D eigenvalue weighted by Gasteiger charge is 1.98. The van der Waals surface area contributed by atoms with E-state index in [0.717, 1.165) is 16.8 Å². The summed E-state index contributed by atoms with van der Waals surface area (Å²) in [5.74, 6) is -0.464. The first-order valence-corrected chi connectivity index (χ1v) is 4.30. The quantitative estimate of drug-likeness (QED) is 0.643. The summed E-state index contributed by atoms with van der Waals surface area (Å²) in [6, 6.07) is 6.89. The van der Waals surface area contributed by atoms with Crippen LogP contribution in [-0.4, -0.2) is 9.97 Å². The number of aryl methyl sites for hydroxylation is 1. The summed E-state index contributed by atoms with van der Waals surface area (Å²) in [4.78, 5) is 7.74. The molecule has 0 saturated carbocycles. The van der Waals surface area contributed by atoms with E-state index in [1.54, 1.807) is 12.3 Å². The van der Waals surface area contributed by atoms with E-state index >= 15 is 0 Å². The number of halogens is 1. The molecule has 2 rings (SSSR count). The van der Waals surface area contributed by atoms with Gasteiger partial charge in [0.25, 0.3) is 0 Å². The molecule has 0 atom stereocenters. The predicted molar refractivity (Wildman–Crippen MR) is 52.2 cm³/mol. The van der Waals surface area contributed by atoms with Crippen LogP contribution in [0.4, 0.5) is 4.39 Å². The molecule has 0 aliphatic rings. The van der Waals surface area contributed by atoms with E-state index in [-0.39, 0.29) is 0 Å². The number of hydrogen-bond donors (Lipinski definition) is 0. The van der Waals surface area contributed by atoms with Crippen molar-refractivity contribution in [2.75, 3.05) is 0 Å². The molecule has 3 heteroatoms. The molecule has 2 aromatic rings. The number of pyridine rings is 2. The molecule has 2 aromatic heterocycles. The van der Waals surface area contributed by atoms with E-state index in [0.29, 0.717) is 0 Å². The van der Waals surface area contributed by atoms with Crippen LogP contribution in [-0.2, 0) is 0 Å². The Morgan fingerprint density at radius 3 is 2.07 bits per heavy atom. The first-order chi connectivity index (χ1) is 6.75. The number of hydrogen-bond acceptors (Lipinski definition) is 2. The zero-order valence-electron chi connectivity index (χ0n) is 7.74. The lowest BCUT2D eigenvalue weighted by Crippen LogP contribution is -1.85. The van der Waals surface area contributed by atoms with E-state index in [1.165, 1.54) is 12.3 Å². The van der Waals surface area contributed by atoms with Crippen molar-refractivity contribution in [1.29, 1.82) is 0 Å². The van der Waals surface area contributed by atoms with Crippen LogP contribution in [0.25, 0.3) is 11.1 Å². The molecule has 0 saturated heterocycles. The molecular weight excluding hydrogens is 179 g/mol. The molecule has 0 aliphatic carbocycles. The largest absolute Gasteiger partial charge is 0.261 e. The van der Waals surface area contributed by atoms with Gasteiger partial charge in [-0.1, -0.05) is 6.07 Å². The maximum absolute atomic E-state index is 12.5. The Balaban J connectivity index is 2.40. The van der Waals surface area contributed by atoms with Crippen LogP contribution in [0.5, 0.6) is 0 Å². The monoisotopic (exact) mass is 188 g/mol. The highest BCUT2D eigenvalue weighted by molar-refractivity contribution is 5.60. The van der Waals surface area contributed by atoms with E-state index in [9.17, 15) is 4.39 Å². The van der Waals surface area contributed by atoms with Crippen LogP contribution in [0.2, 0.25) is 0 Å². The van der Waals surface area contributed by atoms with Crippen LogP contribution < -0.4 is 0 Å². The van der Waals surface area contributed by atoms with Gasteiger partial charge in [0.15, 0.2) is 0 Å². The van der Waals surface area contributed by atoms with Gasteiger partial charge in [-0.3, -0.25) is 4.98 Å². The fourth-order valence-corrected chi connectivity index (χ4v) is 1.19. The van der Waals surface area contributed by atoms with E-state index < -0.39 is 5.95 Å². The second kappa shape index (κ2) is 3.54. The standard InChI is InChI=1S/C11H9FN2/c1-8-2-3-9(6-13-8)10-4-5-11(12)14-7-10/h2-7H,1H3. The van der Waals surface area contributed by atoms with Crippen molar-refractivity contribution in [3.05, 3.63) is 48.3 Å². The third kappa shape index (κ3) is 1.76. The predicted octanol–water partition coefficient (Wildman–Crippen LogP) is 2.59. The molecule has 2 nitrogen and oxygen atoms in total. The molecule has 0 N–H and O–H groups in total. The minimum Gasteiger partial charge on any atom is -0.261 e. The average molecular weight is 188 g/mol. The van der Waals surface area contributed by atoms with Gasteiger partial charge in [0.1, 0.15) is 0 Å². The SMILES string of the molecule is Cc1ccc(-c2ccc(F)nc2)cn1. The highest BCUT2D eigenvalue weighted by Crippen LogP contribution is 2.16. The van der Waals surface area contributed by atoms with Gasteiger partial charge in [0.05, 0.1) is 0 Å². The molecular formula is C11H9FN2. The second-order valence-electron chi connectivity index (χ2n) is 3.06. The van der Waals surface area contributed by atoms with Gasteiger partial charge in [0, 0.05) is 29.2 Å². The molecule has 0 spiro atoms. The van der Waals surface area contributed by atoms with Gasteiger partial charge in [0.2, 0.25) is 5.95 Å². The van der Waals surface area contributed by atoms with E-state index in [4.69, 9.17) is 0 Å². The number of aromatic nitrogens is 2. The van der Waals surface area contributed by atoms with Crippen LogP contribution in [0.3, 0.4) is 0 Å². The molecule has 0 unspecified atom stereocenters. The van der Waals surface area contributed by atoms with Gasteiger partial charge in [-0.25, -0.2) is 4.98 Å². The Morgan fingerprint density at radius 1 is 0.929 bits per heavy atom. The van der Waals surface area contributed by atoms with Gasteiger partial charge >= 0.3 is 0 Å². The lowest BCUT2D eigenvalue weighted by atomic mass is 10.1. The van der Waals surface area contributed by atoms with E-state index in [1.807, 2.05) is 19.1 Å². The van der Waals surface area contributed by atoms with Gasteiger partial charge in [-0.15, -0.1) is 0 Å². The third-order valence-corrected chi connectivity index (χ3v) is 1.97. The Bertz CT molecular complexity index is 377. The lowest BCUT2D eigenvalue weighted by molar-refractivity contribution is 0.584. The summed E-state index contributed by atoms with van der Waals surface area (Å²) in [6.07, 6.45) is 3.26. The molecule has 14 heavy (non-hydrogen) atoms. The van der Waals surface area contributed by atoms with Crippen molar-refractivity contribution < 1.29 is 4.39 Å². The highest BCUT2D eigenvalue weighted by atomic mass is 19.1. The van der Waals surface area contributed by atoms with Crippen LogP contribution in [0.15, 0.2) is 36.7 Å². The first-order valence-electron chi connectivity index (χ1n) is 4.30. The van der Waals surface area contributed by atoms with Crippen molar-refractivity contribution in [2.24, 2.45) is 0 Å². The summed E-state index contributed by atoms with van der Waals surface area (Å²) >= 11 is 0. The van der Waals surface area contributed by atoms with Crippen LogP contribution in [0.1, 0.15) is 5.69 Å². The summed E-state index contributed by atoms with van der Waals surface area (Å²) in [5, 5.41) is 0. The van der Waals surface area contributed by atoms with Crippen molar-refractivity contribution in [1.82, 2.24) is 9.97 Å². The smallest absolute Gasteiger partial charge is 0.212 e. The Labute approximate surface area is 81.5 Å². The maximum atomic E-state index is 12.5. The van der Waals surface area contributed by atoms with Crippen LogP contribution in [0, 0.1) is 12.9 Å². The van der Waals surface area contributed by atoms with Crippen molar-refractivity contribution in [3.63, 3.8) is 0 Å². The molecule has 0 amide bonds. The molecule has 2 heterocycles.